The molecule has 0 aliphatic rings. The van der Waals surface area contributed by atoms with E-state index in [-0.39, 0.29) is 18.5 Å². The third-order valence-electron chi connectivity index (χ3n) is 18.5. The van der Waals surface area contributed by atoms with Crippen molar-refractivity contribution in [2.45, 2.75) is 456 Å². The fourth-order valence-electron chi connectivity index (χ4n) is 12.5. The number of rotatable bonds is 74. The molecule has 6 nitrogen and oxygen atoms in total. The van der Waals surface area contributed by atoms with Gasteiger partial charge in [0.05, 0.1) is 25.4 Å². The van der Waals surface area contributed by atoms with Crippen molar-refractivity contribution in [2.75, 3.05) is 13.2 Å². The number of esters is 1. The van der Waals surface area contributed by atoms with Crippen molar-refractivity contribution in [3.63, 3.8) is 0 Å². The Labute approximate surface area is 532 Å². The number of amides is 1. The van der Waals surface area contributed by atoms with Crippen molar-refractivity contribution in [1.82, 2.24) is 5.32 Å². The number of hydrogen-bond donors (Lipinski definition) is 3. The first-order valence-corrected chi connectivity index (χ1v) is 39.1. The molecular weight excluding hydrogens is 1040 g/mol. The predicted molar refractivity (Wildman–Crippen MR) is 375 cm³/mol. The summed E-state index contributed by atoms with van der Waals surface area (Å²) in [4.78, 5) is 24.6. The van der Waals surface area contributed by atoms with Crippen LogP contribution in [0.25, 0.3) is 0 Å². The maximum absolute atomic E-state index is 12.5. The molecule has 0 aromatic heterocycles. The first-order chi connectivity index (χ1) is 42.0. The minimum Gasteiger partial charge on any atom is -0.466 e. The van der Waals surface area contributed by atoms with Crippen LogP contribution in [0, 0.1) is 0 Å². The zero-order valence-corrected chi connectivity index (χ0v) is 57.9. The molecule has 2 unspecified atom stereocenters. The van der Waals surface area contributed by atoms with Gasteiger partial charge >= 0.3 is 5.97 Å². The molecule has 1 amide bonds. The van der Waals surface area contributed by atoms with E-state index in [2.05, 4.69) is 31.3 Å². The van der Waals surface area contributed by atoms with Crippen LogP contribution in [0.2, 0.25) is 0 Å². The number of unbranched alkanes of at least 4 members (excludes halogenated alkanes) is 61. The summed E-state index contributed by atoms with van der Waals surface area (Å²) in [7, 11) is 0. The Morgan fingerprint density at radius 2 is 0.553 bits per heavy atom. The molecule has 0 aliphatic carbocycles. The van der Waals surface area contributed by atoms with E-state index in [9.17, 15) is 19.8 Å². The summed E-state index contributed by atoms with van der Waals surface area (Å²) in [6.07, 6.45) is 95.8. The van der Waals surface area contributed by atoms with Gasteiger partial charge in [0.25, 0.3) is 0 Å². The van der Waals surface area contributed by atoms with Crippen LogP contribution in [-0.2, 0) is 14.3 Å². The molecule has 2 atom stereocenters. The maximum atomic E-state index is 12.5. The summed E-state index contributed by atoms with van der Waals surface area (Å²) >= 11 is 0. The predicted octanol–water partition coefficient (Wildman–Crippen LogP) is 25.7. The average Bonchev–Trinajstić information content (AvgIpc) is 3.51. The highest BCUT2D eigenvalue weighted by atomic mass is 16.5. The van der Waals surface area contributed by atoms with E-state index in [0.29, 0.717) is 19.4 Å². The molecule has 504 valence electrons. The van der Waals surface area contributed by atoms with Gasteiger partial charge in [-0.25, -0.2) is 0 Å². The lowest BCUT2D eigenvalue weighted by molar-refractivity contribution is -0.143. The molecule has 0 aromatic carbocycles. The quantitative estimate of drug-likeness (QED) is 0.0320. The number of aliphatic hydroxyl groups excluding tert-OH is 2. The van der Waals surface area contributed by atoms with E-state index in [0.717, 1.165) is 38.5 Å². The van der Waals surface area contributed by atoms with E-state index in [1.165, 1.54) is 379 Å². The van der Waals surface area contributed by atoms with Crippen LogP contribution in [0.3, 0.4) is 0 Å². The topological polar surface area (TPSA) is 95.9 Å². The van der Waals surface area contributed by atoms with E-state index < -0.39 is 12.1 Å². The Hall–Kier alpha value is -1.66. The molecule has 0 bridgehead atoms. The number of carbonyl (C=O) groups is 2. The second kappa shape index (κ2) is 74.8. The smallest absolute Gasteiger partial charge is 0.305 e. The number of nitrogens with one attached hydrogen (secondary N) is 1. The lowest BCUT2D eigenvalue weighted by Crippen LogP contribution is -2.45. The number of hydrogen-bond acceptors (Lipinski definition) is 5. The van der Waals surface area contributed by atoms with Gasteiger partial charge in [0.2, 0.25) is 5.91 Å². The highest BCUT2D eigenvalue weighted by molar-refractivity contribution is 5.76. The van der Waals surface area contributed by atoms with E-state index in [1.54, 1.807) is 6.08 Å². The second-order valence-corrected chi connectivity index (χ2v) is 27.0. The maximum Gasteiger partial charge on any atom is 0.305 e. The summed E-state index contributed by atoms with van der Waals surface area (Å²) in [5.74, 6) is -0.0402. The molecule has 85 heavy (non-hydrogen) atoms. The second-order valence-electron chi connectivity index (χ2n) is 27.0. The van der Waals surface area contributed by atoms with Gasteiger partial charge in [-0.3, -0.25) is 9.59 Å². The standard InChI is InChI=1S/C79H153NO5/c1-3-5-7-9-11-13-15-17-19-20-21-22-32-35-38-41-44-47-51-55-59-63-67-71-77(82)76(75-81)80-78(83)72-68-64-60-56-52-48-45-42-39-36-33-30-28-26-24-23-25-27-29-31-34-37-40-43-46-50-54-58-62-66-70-74-85-79(84)73-69-65-61-57-53-49-18-16-14-12-10-8-6-4-2/h25,27,67,71,76-77,81-82H,3-24,26,28-66,68-70,72-75H2,1-2H3,(H,80,83)/b27-25-,71-67+. The van der Waals surface area contributed by atoms with Crippen LogP contribution >= 0.6 is 0 Å². The van der Waals surface area contributed by atoms with Gasteiger partial charge in [0.1, 0.15) is 0 Å². The fourth-order valence-corrected chi connectivity index (χ4v) is 12.5. The molecule has 0 aliphatic heterocycles. The molecule has 0 saturated heterocycles. The summed E-state index contributed by atoms with van der Waals surface area (Å²) in [6, 6.07) is -0.627. The normalized spacial score (nSPS) is 12.6. The van der Waals surface area contributed by atoms with Crippen molar-refractivity contribution in [1.29, 1.82) is 0 Å². The molecule has 0 radical (unpaired) electrons. The summed E-state index contributed by atoms with van der Waals surface area (Å²) in [5, 5.41) is 23.3. The summed E-state index contributed by atoms with van der Waals surface area (Å²) in [5.41, 5.74) is 0. The van der Waals surface area contributed by atoms with Crippen molar-refractivity contribution < 1.29 is 24.5 Å². The lowest BCUT2D eigenvalue weighted by Gasteiger charge is -2.20. The highest BCUT2D eigenvalue weighted by Gasteiger charge is 2.18. The molecular formula is C79H153NO5. The van der Waals surface area contributed by atoms with Crippen molar-refractivity contribution in [2.24, 2.45) is 0 Å². The zero-order valence-electron chi connectivity index (χ0n) is 57.9. The third-order valence-corrected chi connectivity index (χ3v) is 18.5. The number of aliphatic hydroxyl groups is 2. The van der Waals surface area contributed by atoms with Gasteiger partial charge in [-0.15, -0.1) is 0 Å². The fraction of sp³-hybridized carbons (Fsp3) is 0.924. The largest absolute Gasteiger partial charge is 0.466 e. The van der Waals surface area contributed by atoms with Gasteiger partial charge in [-0.2, -0.15) is 0 Å². The SMILES string of the molecule is CCCCCCCCCCCCCCCCCCCCCCC/C=C/C(O)C(CO)NC(=O)CCCCCCCCCCCCCCCCC/C=C\CCCCCCCCCCCCCCOC(=O)CCCCCCCCCCCCCCCC. The summed E-state index contributed by atoms with van der Waals surface area (Å²) < 4.78 is 5.50. The van der Waals surface area contributed by atoms with Crippen molar-refractivity contribution in [3.8, 4) is 0 Å². The van der Waals surface area contributed by atoms with Crippen molar-refractivity contribution in [3.05, 3.63) is 24.3 Å². The number of carbonyl (C=O) groups excluding carboxylic acids is 2. The molecule has 0 aromatic rings. The monoisotopic (exact) mass is 1200 g/mol. The molecule has 0 fully saturated rings. The van der Waals surface area contributed by atoms with E-state index in [1.807, 2.05) is 6.08 Å². The van der Waals surface area contributed by atoms with Crippen LogP contribution < -0.4 is 5.32 Å². The van der Waals surface area contributed by atoms with Gasteiger partial charge < -0.3 is 20.3 Å². The molecule has 0 heterocycles. The molecule has 3 N–H and O–H groups in total. The van der Waals surface area contributed by atoms with Gasteiger partial charge in [0.15, 0.2) is 0 Å². The van der Waals surface area contributed by atoms with Crippen LogP contribution in [0.4, 0.5) is 0 Å². The minimum absolute atomic E-state index is 0.0206. The van der Waals surface area contributed by atoms with Gasteiger partial charge in [-0.05, 0) is 57.8 Å². The molecule has 0 spiro atoms. The number of ether oxygens (including phenoxy) is 1. The van der Waals surface area contributed by atoms with E-state index >= 15 is 0 Å². The Morgan fingerprint density at radius 1 is 0.318 bits per heavy atom. The highest BCUT2D eigenvalue weighted by Crippen LogP contribution is 2.20. The third kappa shape index (κ3) is 71.3. The lowest BCUT2D eigenvalue weighted by atomic mass is 10.0. The first-order valence-electron chi connectivity index (χ1n) is 39.1. The Morgan fingerprint density at radius 3 is 0.835 bits per heavy atom. The number of allylic oxidation sites excluding steroid dienone is 3. The van der Waals surface area contributed by atoms with Gasteiger partial charge in [-0.1, -0.05) is 398 Å². The van der Waals surface area contributed by atoms with Crippen LogP contribution in [0.1, 0.15) is 444 Å². The molecule has 0 saturated carbocycles. The van der Waals surface area contributed by atoms with Crippen LogP contribution in [-0.4, -0.2) is 47.4 Å². The minimum atomic E-state index is -0.844. The van der Waals surface area contributed by atoms with E-state index in [4.69, 9.17) is 4.74 Å². The first kappa shape index (κ1) is 83.3. The Bertz CT molecular complexity index is 1330. The Balaban J connectivity index is 3.38. The molecule has 0 rings (SSSR count). The Kier molecular flexibility index (Phi) is 73.3. The molecule has 6 heteroatoms. The van der Waals surface area contributed by atoms with Crippen LogP contribution in [0.15, 0.2) is 24.3 Å². The van der Waals surface area contributed by atoms with Gasteiger partial charge in [0, 0.05) is 12.8 Å². The van der Waals surface area contributed by atoms with Crippen LogP contribution in [0.5, 0.6) is 0 Å². The zero-order chi connectivity index (χ0) is 61.3. The summed E-state index contributed by atoms with van der Waals surface area (Å²) in [6.45, 7) is 4.96. The van der Waals surface area contributed by atoms with Crippen molar-refractivity contribution >= 4 is 11.9 Å². The average molecular weight is 1200 g/mol.